The van der Waals surface area contributed by atoms with Crippen molar-refractivity contribution in [2.45, 2.75) is 12.8 Å². The van der Waals surface area contributed by atoms with E-state index in [1.165, 1.54) is 0 Å². The third-order valence-electron chi connectivity index (χ3n) is 3.69. The average Bonchev–Trinajstić information content (AvgIpc) is 2.80. The molecule has 1 aliphatic rings. The van der Waals surface area contributed by atoms with Crippen molar-refractivity contribution in [1.82, 2.24) is 9.88 Å². The number of rotatable bonds is 3. The maximum absolute atomic E-state index is 13.3. The van der Waals surface area contributed by atoms with Crippen LogP contribution >= 0.6 is 0 Å². The minimum absolute atomic E-state index is 0.304. The number of aromatic nitrogens is 1. The van der Waals surface area contributed by atoms with Crippen molar-refractivity contribution in [3.05, 3.63) is 51.3 Å². The zero-order valence-corrected chi connectivity index (χ0v) is 12.9. The van der Waals surface area contributed by atoms with Crippen molar-refractivity contribution in [1.29, 1.82) is 0 Å². The molecule has 0 unspecified atom stereocenters. The molecule has 0 saturated carbocycles. The fourth-order valence-electron chi connectivity index (χ4n) is 2.64. The molecule has 0 bridgehead atoms. The van der Waals surface area contributed by atoms with Gasteiger partial charge in [-0.25, -0.2) is 0 Å². The lowest BCUT2D eigenvalue weighted by molar-refractivity contribution is -0.137. The summed E-state index contributed by atoms with van der Waals surface area (Å²) in [5.74, 6) is -3.35. The van der Waals surface area contributed by atoms with Gasteiger partial charge in [0.05, 0.1) is 22.4 Å². The summed E-state index contributed by atoms with van der Waals surface area (Å²) in [6.07, 6.45) is -4.98. The number of fused-ring (bicyclic) bond motifs is 1. The highest BCUT2D eigenvalue weighted by molar-refractivity contribution is 6.23. The number of hydrogen-bond donors (Lipinski definition) is 2. The second-order valence-corrected chi connectivity index (χ2v) is 5.33. The van der Waals surface area contributed by atoms with Gasteiger partial charge in [-0.3, -0.25) is 24.3 Å². The Morgan fingerprint density at radius 1 is 1.07 bits per heavy atom. The fraction of sp³-hybridized carbons (Fsp3) is 0.133. The van der Waals surface area contributed by atoms with Crippen LogP contribution < -0.4 is 21.3 Å². The largest absolute Gasteiger partial charge is 0.435 e. The molecule has 3 N–H and O–H groups in total. The summed E-state index contributed by atoms with van der Waals surface area (Å²) in [4.78, 5) is 35.7. The maximum atomic E-state index is 13.3. The van der Waals surface area contributed by atoms with E-state index >= 15 is 0 Å². The predicted octanol–water partition coefficient (Wildman–Crippen LogP) is 1.92. The standard InChI is InChI=1S/C15H8F5N3O4/c16-14(17)27-5-1-2-7(15(18,19)20)8(3-5)23-9(24)4-6-10(11(23)21)13(26)22-12(6)25/h1-4,14H,21H2,(H,22,25,26). The molecule has 0 radical (unpaired) electrons. The van der Waals surface area contributed by atoms with Crippen molar-refractivity contribution < 1.29 is 36.3 Å². The van der Waals surface area contributed by atoms with E-state index < -0.39 is 64.1 Å². The zero-order valence-electron chi connectivity index (χ0n) is 12.9. The first-order valence-corrected chi connectivity index (χ1v) is 7.08. The topological polar surface area (TPSA) is 103 Å². The average molecular weight is 389 g/mol. The minimum atomic E-state index is -4.98. The Morgan fingerprint density at radius 3 is 2.33 bits per heavy atom. The van der Waals surface area contributed by atoms with E-state index in [-0.39, 0.29) is 0 Å². The molecule has 1 aromatic heterocycles. The van der Waals surface area contributed by atoms with Gasteiger partial charge in [0.25, 0.3) is 17.4 Å². The first-order chi connectivity index (χ1) is 12.5. The van der Waals surface area contributed by atoms with Gasteiger partial charge in [-0.1, -0.05) is 0 Å². The van der Waals surface area contributed by atoms with Crippen molar-refractivity contribution in [2.24, 2.45) is 0 Å². The number of carbonyl (C=O) groups is 2. The van der Waals surface area contributed by atoms with Gasteiger partial charge in [0, 0.05) is 12.1 Å². The second kappa shape index (κ2) is 6.07. The summed E-state index contributed by atoms with van der Waals surface area (Å²) in [7, 11) is 0. The van der Waals surface area contributed by atoms with Crippen LogP contribution in [0.5, 0.6) is 5.75 Å². The number of alkyl halides is 5. The predicted molar refractivity (Wildman–Crippen MR) is 79.9 cm³/mol. The smallest absolute Gasteiger partial charge is 0.418 e. The van der Waals surface area contributed by atoms with Crippen LogP contribution in [-0.2, 0) is 6.18 Å². The number of carbonyl (C=O) groups excluding carboxylic acids is 2. The number of hydrogen-bond acceptors (Lipinski definition) is 5. The van der Waals surface area contributed by atoms with E-state index in [0.717, 1.165) is 0 Å². The van der Waals surface area contributed by atoms with E-state index in [4.69, 9.17) is 5.73 Å². The molecule has 0 atom stereocenters. The lowest BCUT2D eigenvalue weighted by Crippen LogP contribution is -2.26. The fourth-order valence-corrected chi connectivity index (χ4v) is 2.64. The van der Waals surface area contributed by atoms with Gasteiger partial charge >= 0.3 is 12.8 Å². The van der Waals surface area contributed by atoms with Gasteiger partial charge in [0.1, 0.15) is 11.6 Å². The van der Waals surface area contributed by atoms with E-state index in [0.29, 0.717) is 28.8 Å². The molecule has 0 saturated heterocycles. The minimum Gasteiger partial charge on any atom is -0.435 e. The summed E-state index contributed by atoms with van der Waals surface area (Å²) < 4.78 is 69.1. The molecule has 2 aromatic rings. The van der Waals surface area contributed by atoms with Gasteiger partial charge in [0.2, 0.25) is 0 Å². The molecule has 3 rings (SSSR count). The molecule has 1 aliphatic heterocycles. The Bertz CT molecular complexity index is 1030. The number of ether oxygens (including phenoxy) is 1. The number of nitrogen functional groups attached to an aromatic ring is 1. The van der Waals surface area contributed by atoms with E-state index in [9.17, 15) is 36.3 Å². The number of nitrogens with two attached hydrogens (primary N) is 1. The highest BCUT2D eigenvalue weighted by Gasteiger charge is 2.37. The first kappa shape index (κ1) is 18.4. The lowest BCUT2D eigenvalue weighted by atomic mass is 10.1. The highest BCUT2D eigenvalue weighted by Crippen LogP contribution is 2.37. The molecule has 7 nitrogen and oxygen atoms in total. The van der Waals surface area contributed by atoms with Crippen LogP contribution in [0, 0.1) is 0 Å². The number of nitrogens with zero attached hydrogens (tertiary/aromatic N) is 1. The van der Waals surface area contributed by atoms with Crippen LogP contribution in [0.4, 0.5) is 27.8 Å². The molecule has 1 aromatic carbocycles. The van der Waals surface area contributed by atoms with E-state index in [1.807, 2.05) is 5.32 Å². The second-order valence-electron chi connectivity index (χ2n) is 5.33. The maximum Gasteiger partial charge on any atom is 0.418 e. The van der Waals surface area contributed by atoms with Gasteiger partial charge in [-0.15, -0.1) is 0 Å². The molecule has 2 amide bonds. The van der Waals surface area contributed by atoms with Crippen LogP contribution in [-0.4, -0.2) is 23.0 Å². The number of benzene rings is 1. The van der Waals surface area contributed by atoms with Crippen LogP contribution in [0.25, 0.3) is 5.69 Å². The third kappa shape index (κ3) is 3.09. The molecular formula is C15H8F5N3O4. The normalized spacial score (nSPS) is 13.7. The molecule has 2 heterocycles. The molecule has 142 valence electrons. The van der Waals surface area contributed by atoms with Gasteiger partial charge in [0.15, 0.2) is 0 Å². The molecule has 12 heteroatoms. The Balaban J connectivity index is 2.33. The molecule has 27 heavy (non-hydrogen) atoms. The van der Waals surface area contributed by atoms with Crippen LogP contribution in [0.15, 0.2) is 29.1 Å². The van der Waals surface area contributed by atoms with Crippen LogP contribution in [0.3, 0.4) is 0 Å². The Kier molecular flexibility index (Phi) is 4.13. The van der Waals surface area contributed by atoms with Gasteiger partial charge in [-0.2, -0.15) is 22.0 Å². The summed E-state index contributed by atoms with van der Waals surface area (Å²) in [5, 5.41) is 1.86. The molecular weight excluding hydrogens is 381 g/mol. The Hall–Kier alpha value is -3.44. The monoisotopic (exact) mass is 389 g/mol. The quantitative estimate of drug-likeness (QED) is 0.617. The number of halogens is 5. The number of nitrogens with one attached hydrogen (secondary N) is 1. The Labute approximate surface area is 146 Å². The van der Waals surface area contributed by atoms with Crippen molar-refractivity contribution in [3.8, 4) is 11.4 Å². The summed E-state index contributed by atoms with van der Waals surface area (Å²) >= 11 is 0. The third-order valence-corrected chi connectivity index (χ3v) is 3.69. The SMILES string of the molecule is Nc1c2c(cc(=O)n1-c1cc(OC(F)F)ccc1C(F)(F)F)C(=O)NC2=O. The molecule has 0 fully saturated rings. The summed E-state index contributed by atoms with van der Waals surface area (Å²) in [6, 6.07) is 2.24. The van der Waals surface area contributed by atoms with Crippen LogP contribution in [0.2, 0.25) is 0 Å². The first-order valence-electron chi connectivity index (χ1n) is 7.08. The Morgan fingerprint density at radius 2 is 1.74 bits per heavy atom. The number of imide groups is 1. The zero-order chi connectivity index (χ0) is 20.1. The summed E-state index contributed by atoms with van der Waals surface area (Å²) in [5.41, 5.74) is 1.30. The number of pyridine rings is 1. The van der Waals surface area contributed by atoms with Crippen LogP contribution in [0.1, 0.15) is 26.3 Å². The van der Waals surface area contributed by atoms with E-state index in [1.54, 1.807) is 0 Å². The number of anilines is 1. The molecule has 0 aliphatic carbocycles. The number of amides is 2. The van der Waals surface area contributed by atoms with Gasteiger partial charge < -0.3 is 10.5 Å². The van der Waals surface area contributed by atoms with Crippen molar-refractivity contribution in [3.63, 3.8) is 0 Å². The molecule has 0 spiro atoms. The lowest BCUT2D eigenvalue weighted by Gasteiger charge is -2.18. The summed E-state index contributed by atoms with van der Waals surface area (Å²) in [6.45, 7) is -3.33. The van der Waals surface area contributed by atoms with E-state index in [2.05, 4.69) is 4.74 Å². The highest BCUT2D eigenvalue weighted by atomic mass is 19.4. The van der Waals surface area contributed by atoms with Crippen molar-refractivity contribution >= 4 is 17.6 Å². The van der Waals surface area contributed by atoms with Gasteiger partial charge in [-0.05, 0) is 12.1 Å². The van der Waals surface area contributed by atoms with Crippen molar-refractivity contribution in [2.75, 3.05) is 5.73 Å².